The Balaban J connectivity index is 2.77. The van der Waals surface area contributed by atoms with Crippen molar-refractivity contribution >= 4 is 28.9 Å². The lowest BCUT2D eigenvalue weighted by atomic mass is 9.96. The van der Waals surface area contributed by atoms with Gasteiger partial charge in [0, 0.05) is 16.8 Å². The monoisotopic (exact) mass is 303 g/mol. The number of aldehydes is 1. The largest absolute Gasteiger partial charge is 0.330 e. The lowest BCUT2D eigenvalue weighted by molar-refractivity contribution is -0.108. The zero-order valence-corrected chi connectivity index (χ0v) is 10.1. The van der Waals surface area contributed by atoms with Gasteiger partial charge in [0.1, 0.15) is 6.29 Å². The molecule has 0 aromatic heterocycles. The molecule has 0 saturated carbocycles. The van der Waals surface area contributed by atoms with Crippen LogP contribution in [0.3, 0.4) is 0 Å². The molecule has 2 nitrogen and oxygen atoms in total. The van der Waals surface area contributed by atoms with Crippen molar-refractivity contribution in [1.29, 1.82) is 0 Å². The molecular weight excluding hydrogens is 289 g/mol. The minimum absolute atomic E-state index is 0.177. The number of rotatable bonds is 5. The van der Waals surface area contributed by atoms with Gasteiger partial charge in [-0.15, -0.1) is 0 Å². The summed E-state index contributed by atoms with van der Waals surface area (Å²) in [7, 11) is 0. The Bertz CT molecular complexity index is 284. The lowest BCUT2D eigenvalue weighted by Gasteiger charge is -2.11. The molecule has 2 N–H and O–H groups in total. The predicted octanol–water partition coefficient (Wildman–Crippen LogP) is 2.25. The second-order valence-corrected chi connectivity index (χ2v) is 3.97. The fraction of sp³-hybridized carbons (Fsp3) is 0.364. The fourth-order valence-electron chi connectivity index (χ4n) is 1.36. The highest BCUT2D eigenvalue weighted by atomic mass is 127. The molecule has 0 aliphatic heterocycles. The van der Waals surface area contributed by atoms with Gasteiger partial charge in [0.25, 0.3) is 0 Å². The molecule has 0 heterocycles. The number of hydrogen-bond acceptors (Lipinski definition) is 2. The summed E-state index contributed by atoms with van der Waals surface area (Å²) in [6, 6.07) is 8.31. The van der Waals surface area contributed by atoms with Crippen LogP contribution in [-0.2, 0) is 9.22 Å². The number of benzene rings is 1. The van der Waals surface area contributed by atoms with Gasteiger partial charge in [0.05, 0.1) is 0 Å². The second-order valence-electron chi connectivity index (χ2n) is 3.21. The summed E-state index contributed by atoms with van der Waals surface area (Å²) in [4.78, 5) is 10.4. The standard InChI is InChI=1S/C11H14INO/c12-7-9-1-3-10(4-2-9)11(8-13)5-6-14/h1-4,6,11H,5,7-8,13H2/t11-/m1/s1. The Morgan fingerprint density at radius 3 is 2.43 bits per heavy atom. The average Bonchev–Trinajstić information content (AvgIpc) is 2.26. The smallest absolute Gasteiger partial charge is 0.120 e. The Morgan fingerprint density at radius 2 is 2.00 bits per heavy atom. The van der Waals surface area contributed by atoms with Crippen molar-refractivity contribution in [3.05, 3.63) is 35.4 Å². The van der Waals surface area contributed by atoms with Crippen LogP contribution < -0.4 is 5.73 Å². The molecule has 1 aromatic carbocycles. The van der Waals surface area contributed by atoms with E-state index in [1.165, 1.54) is 5.56 Å². The maximum absolute atomic E-state index is 10.4. The van der Waals surface area contributed by atoms with Crippen LogP contribution in [-0.4, -0.2) is 12.8 Å². The Kier molecular flexibility index (Phi) is 5.11. The molecule has 0 spiro atoms. The summed E-state index contributed by atoms with van der Waals surface area (Å²) in [5.74, 6) is 0.177. The van der Waals surface area contributed by atoms with Crippen molar-refractivity contribution in [3.8, 4) is 0 Å². The molecule has 1 atom stereocenters. The third kappa shape index (κ3) is 3.06. The van der Waals surface area contributed by atoms with E-state index in [0.717, 1.165) is 16.3 Å². The molecule has 76 valence electrons. The summed E-state index contributed by atoms with van der Waals surface area (Å²) in [6.45, 7) is 0.530. The van der Waals surface area contributed by atoms with Crippen LogP contribution in [0.5, 0.6) is 0 Å². The molecule has 1 aromatic rings. The van der Waals surface area contributed by atoms with Crippen LogP contribution in [0.15, 0.2) is 24.3 Å². The highest BCUT2D eigenvalue weighted by molar-refractivity contribution is 14.1. The average molecular weight is 303 g/mol. The number of carbonyl (C=O) groups is 1. The van der Waals surface area contributed by atoms with Gasteiger partial charge in [-0.25, -0.2) is 0 Å². The molecular formula is C11H14INO. The first-order valence-corrected chi connectivity index (χ1v) is 6.13. The van der Waals surface area contributed by atoms with Gasteiger partial charge in [0.15, 0.2) is 0 Å². The SMILES string of the molecule is NC[C@@H](CC=O)c1ccc(CI)cc1. The van der Waals surface area contributed by atoms with E-state index in [1.54, 1.807) is 0 Å². The molecule has 0 bridgehead atoms. The molecule has 14 heavy (non-hydrogen) atoms. The van der Waals surface area contributed by atoms with E-state index >= 15 is 0 Å². The van der Waals surface area contributed by atoms with Crippen LogP contribution in [0.2, 0.25) is 0 Å². The van der Waals surface area contributed by atoms with E-state index in [-0.39, 0.29) is 5.92 Å². The van der Waals surface area contributed by atoms with Gasteiger partial charge in [-0.2, -0.15) is 0 Å². The van der Waals surface area contributed by atoms with E-state index in [9.17, 15) is 4.79 Å². The first-order valence-electron chi connectivity index (χ1n) is 4.60. The first-order chi connectivity index (χ1) is 6.81. The molecule has 3 heteroatoms. The molecule has 0 fully saturated rings. The second kappa shape index (κ2) is 6.14. The van der Waals surface area contributed by atoms with E-state index in [4.69, 9.17) is 5.73 Å². The Morgan fingerprint density at radius 1 is 1.36 bits per heavy atom. The van der Waals surface area contributed by atoms with Crippen LogP contribution in [0.4, 0.5) is 0 Å². The quantitative estimate of drug-likeness (QED) is 0.515. The van der Waals surface area contributed by atoms with Gasteiger partial charge in [-0.1, -0.05) is 46.9 Å². The number of carbonyl (C=O) groups excluding carboxylic acids is 1. The normalized spacial score (nSPS) is 12.4. The van der Waals surface area contributed by atoms with Crippen LogP contribution in [0, 0.1) is 0 Å². The van der Waals surface area contributed by atoms with E-state index in [1.807, 2.05) is 0 Å². The third-order valence-electron chi connectivity index (χ3n) is 2.27. The molecule has 0 aliphatic carbocycles. The zero-order valence-electron chi connectivity index (χ0n) is 7.95. The fourth-order valence-corrected chi connectivity index (χ4v) is 1.87. The minimum atomic E-state index is 0.177. The van der Waals surface area contributed by atoms with Crippen molar-refractivity contribution in [3.63, 3.8) is 0 Å². The number of nitrogens with two attached hydrogens (primary N) is 1. The summed E-state index contributed by atoms with van der Waals surface area (Å²) in [5, 5.41) is 0. The lowest BCUT2D eigenvalue weighted by Crippen LogP contribution is -2.12. The van der Waals surface area contributed by atoms with Gasteiger partial charge in [0.2, 0.25) is 0 Å². The number of halogens is 1. The van der Waals surface area contributed by atoms with Crippen LogP contribution >= 0.6 is 22.6 Å². The maximum atomic E-state index is 10.4. The van der Waals surface area contributed by atoms with Gasteiger partial charge < -0.3 is 10.5 Å². The van der Waals surface area contributed by atoms with Crippen molar-refractivity contribution < 1.29 is 4.79 Å². The van der Waals surface area contributed by atoms with Crippen LogP contribution in [0.1, 0.15) is 23.5 Å². The van der Waals surface area contributed by atoms with Gasteiger partial charge in [-0.05, 0) is 17.7 Å². The molecule has 0 aliphatic rings. The van der Waals surface area contributed by atoms with E-state index in [2.05, 4.69) is 46.9 Å². The van der Waals surface area contributed by atoms with E-state index < -0.39 is 0 Å². The van der Waals surface area contributed by atoms with Crippen molar-refractivity contribution in [2.24, 2.45) is 5.73 Å². The minimum Gasteiger partial charge on any atom is -0.330 e. The summed E-state index contributed by atoms with van der Waals surface area (Å²) >= 11 is 2.33. The highest BCUT2D eigenvalue weighted by Gasteiger charge is 2.08. The zero-order chi connectivity index (χ0) is 10.4. The van der Waals surface area contributed by atoms with Gasteiger partial charge >= 0.3 is 0 Å². The van der Waals surface area contributed by atoms with Gasteiger partial charge in [-0.3, -0.25) is 0 Å². The first kappa shape index (κ1) is 11.7. The molecule has 0 radical (unpaired) electrons. The topological polar surface area (TPSA) is 43.1 Å². The predicted molar refractivity (Wildman–Crippen MR) is 66.6 cm³/mol. The molecule has 0 saturated heterocycles. The van der Waals surface area contributed by atoms with Crippen molar-refractivity contribution in [1.82, 2.24) is 0 Å². The molecule has 1 rings (SSSR count). The van der Waals surface area contributed by atoms with Crippen molar-refractivity contribution in [2.75, 3.05) is 6.54 Å². The van der Waals surface area contributed by atoms with Crippen molar-refractivity contribution in [2.45, 2.75) is 16.8 Å². The summed E-state index contributed by atoms with van der Waals surface area (Å²) < 4.78 is 1.01. The number of alkyl halides is 1. The molecule has 0 amide bonds. The van der Waals surface area contributed by atoms with Crippen LogP contribution in [0.25, 0.3) is 0 Å². The Hall–Kier alpha value is -0.420. The maximum Gasteiger partial charge on any atom is 0.120 e. The third-order valence-corrected chi connectivity index (χ3v) is 3.15. The number of hydrogen-bond donors (Lipinski definition) is 1. The van der Waals surface area contributed by atoms with E-state index in [0.29, 0.717) is 13.0 Å². The summed E-state index contributed by atoms with van der Waals surface area (Å²) in [5.41, 5.74) is 8.06. The Labute approximate surface area is 98.0 Å². The summed E-state index contributed by atoms with van der Waals surface area (Å²) in [6.07, 6.45) is 1.45. The highest BCUT2D eigenvalue weighted by Crippen LogP contribution is 2.18. The molecule has 0 unspecified atom stereocenters.